The molecule has 2 atom stereocenters. The largest absolute Gasteiger partial charge is 0.338 e. The topological polar surface area (TPSA) is 41.1 Å². The molecule has 0 bridgehead atoms. The minimum atomic E-state index is -0.00981. The Balaban J connectivity index is 2.52. The summed E-state index contributed by atoms with van der Waals surface area (Å²) in [6.07, 6.45) is 2.31. The molecule has 1 fully saturated rings. The number of carbonyl (C=O) groups is 1. The Bertz CT molecular complexity index is 143. The molecule has 1 saturated heterocycles. The molecular formula is C9H18N2O. The minimum Gasteiger partial charge on any atom is -0.338 e. The summed E-state index contributed by atoms with van der Waals surface area (Å²) in [7, 11) is 0. The molecule has 0 saturated carbocycles. The smallest absolute Gasteiger partial charge is 0.314 e. The molecule has 3 heteroatoms. The Labute approximate surface area is 73.9 Å². The molecule has 0 aromatic rings. The Morgan fingerprint density at radius 2 is 1.58 bits per heavy atom. The minimum absolute atomic E-state index is 0.00981. The van der Waals surface area contributed by atoms with Gasteiger partial charge in [-0.15, -0.1) is 0 Å². The highest BCUT2D eigenvalue weighted by Gasteiger charge is 2.22. The fourth-order valence-corrected chi connectivity index (χ4v) is 1.80. The van der Waals surface area contributed by atoms with Gasteiger partial charge in [-0.25, -0.2) is 4.79 Å². The van der Waals surface area contributed by atoms with E-state index in [1.807, 2.05) is 0 Å². The lowest BCUT2D eigenvalue weighted by Gasteiger charge is -2.20. The first-order valence-corrected chi connectivity index (χ1v) is 4.79. The zero-order chi connectivity index (χ0) is 8.97. The summed E-state index contributed by atoms with van der Waals surface area (Å²) in [5.74, 6) is 1.29. The zero-order valence-corrected chi connectivity index (χ0v) is 7.89. The molecular weight excluding hydrogens is 152 g/mol. The van der Waals surface area contributed by atoms with Crippen molar-refractivity contribution in [2.24, 2.45) is 11.8 Å². The third kappa shape index (κ3) is 2.13. The summed E-state index contributed by atoms with van der Waals surface area (Å²) < 4.78 is 0. The van der Waals surface area contributed by atoms with Gasteiger partial charge >= 0.3 is 6.03 Å². The van der Waals surface area contributed by atoms with Gasteiger partial charge in [0.1, 0.15) is 0 Å². The van der Waals surface area contributed by atoms with Crippen molar-refractivity contribution in [2.75, 3.05) is 13.1 Å². The maximum absolute atomic E-state index is 11.0. The Hall–Kier alpha value is -0.730. The van der Waals surface area contributed by atoms with Gasteiger partial charge in [-0.05, 0) is 11.8 Å². The number of amides is 2. The van der Waals surface area contributed by atoms with Crippen LogP contribution in [-0.4, -0.2) is 19.1 Å². The summed E-state index contributed by atoms with van der Waals surface area (Å²) >= 11 is 0. The molecule has 0 spiro atoms. The maximum atomic E-state index is 11.0. The second-order valence-corrected chi connectivity index (χ2v) is 3.43. The molecule has 3 nitrogen and oxygen atoms in total. The maximum Gasteiger partial charge on any atom is 0.314 e. The van der Waals surface area contributed by atoms with Crippen molar-refractivity contribution in [1.82, 2.24) is 10.6 Å². The fraction of sp³-hybridized carbons (Fsp3) is 0.889. The van der Waals surface area contributed by atoms with Crippen molar-refractivity contribution < 1.29 is 4.79 Å². The van der Waals surface area contributed by atoms with E-state index in [-0.39, 0.29) is 6.03 Å². The number of hydrogen-bond donors (Lipinski definition) is 2. The molecule has 1 rings (SSSR count). The lowest BCUT2D eigenvalue weighted by molar-refractivity contribution is 0.242. The fourth-order valence-electron chi connectivity index (χ4n) is 1.80. The van der Waals surface area contributed by atoms with E-state index in [1.54, 1.807) is 0 Å². The number of nitrogens with one attached hydrogen (secondary N) is 2. The Morgan fingerprint density at radius 3 is 1.92 bits per heavy atom. The van der Waals surface area contributed by atoms with Crippen LogP contribution >= 0.6 is 0 Å². The predicted octanol–water partition coefficient (Wildman–Crippen LogP) is 1.35. The molecule has 12 heavy (non-hydrogen) atoms. The molecule has 2 N–H and O–H groups in total. The monoisotopic (exact) mass is 170 g/mol. The highest BCUT2D eigenvalue weighted by atomic mass is 16.2. The highest BCUT2D eigenvalue weighted by molar-refractivity contribution is 5.74. The average Bonchev–Trinajstić information content (AvgIpc) is 2.27. The van der Waals surface area contributed by atoms with Crippen molar-refractivity contribution >= 4 is 6.03 Å². The van der Waals surface area contributed by atoms with Crippen LogP contribution in [0, 0.1) is 11.8 Å². The number of rotatable bonds is 2. The molecule has 0 aliphatic carbocycles. The van der Waals surface area contributed by atoms with Gasteiger partial charge in [0.15, 0.2) is 0 Å². The van der Waals surface area contributed by atoms with Crippen LogP contribution in [0.2, 0.25) is 0 Å². The summed E-state index contributed by atoms with van der Waals surface area (Å²) in [6.45, 7) is 6.04. The van der Waals surface area contributed by atoms with Crippen molar-refractivity contribution in [1.29, 1.82) is 0 Å². The van der Waals surface area contributed by atoms with E-state index in [0.717, 1.165) is 25.9 Å². The second kappa shape index (κ2) is 4.33. The van der Waals surface area contributed by atoms with Crippen molar-refractivity contribution in [3.63, 3.8) is 0 Å². The van der Waals surface area contributed by atoms with E-state index in [0.29, 0.717) is 11.8 Å². The van der Waals surface area contributed by atoms with Crippen LogP contribution in [0.3, 0.4) is 0 Å². The first-order valence-electron chi connectivity index (χ1n) is 4.79. The number of urea groups is 1. The van der Waals surface area contributed by atoms with Crippen molar-refractivity contribution in [2.45, 2.75) is 26.7 Å². The summed E-state index contributed by atoms with van der Waals surface area (Å²) in [5.41, 5.74) is 0. The SMILES string of the molecule is CCC1CNC(=O)NCC1CC. The molecule has 70 valence electrons. The lowest BCUT2D eigenvalue weighted by atomic mass is 9.88. The van der Waals surface area contributed by atoms with Crippen LogP contribution in [-0.2, 0) is 0 Å². The van der Waals surface area contributed by atoms with E-state index in [2.05, 4.69) is 24.5 Å². The van der Waals surface area contributed by atoms with E-state index in [1.165, 1.54) is 0 Å². The molecule has 1 aliphatic heterocycles. The van der Waals surface area contributed by atoms with Crippen molar-refractivity contribution in [3.8, 4) is 0 Å². The Kier molecular flexibility index (Phi) is 3.38. The molecule has 0 radical (unpaired) electrons. The molecule has 1 heterocycles. The van der Waals surface area contributed by atoms with Gasteiger partial charge in [0, 0.05) is 13.1 Å². The van der Waals surface area contributed by atoms with Gasteiger partial charge < -0.3 is 10.6 Å². The Morgan fingerprint density at radius 1 is 1.17 bits per heavy atom. The van der Waals surface area contributed by atoms with Crippen LogP contribution in [0.15, 0.2) is 0 Å². The van der Waals surface area contributed by atoms with Gasteiger partial charge in [0.2, 0.25) is 0 Å². The van der Waals surface area contributed by atoms with E-state index in [9.17, 15) is 4.79 Å². The van der Waals surface area contributed by atoms with Crippen molar-refractivity contribution in [3.05, 3.63) is 0 Å². The highest BCUT2D eigenvalue weighted by Crippen LogP contribution is 2.19. The van der Waals surface area contributed by atoms with E-state index >= 15 is 0 Å². The van der Waals surface area contributed by atoms with Crippen LogP contribution < -0.4 is 10.6 Å². The molecule has 2 unspecified atom stereocenters. The summed E-state index contributed by atoms with van der Waals surface area (Å²) in [5, 5.41) is 5.72. The van der Waals surface area contributed by atoms with E-state index in [4.69, 9.17) is 0 Å². The van der Waals surface area contributed by atoms with Gasteiger partial charge in [-0.2, -0.15) is 0 Å². The van der Waals surface area contributed by atoms with Gasteiger partial charge in [-0.3, -0.25) is 0 Å². The van der Waals surface area contributed by atoms with Crippen LogP contribution in [0.4, 0.5) is 4.79 Å². The molecule has 0 aromatic heterocycles. The zero-order valence-electron chi connectivity index (χ0n) is 7.89. The summed E-state index contributed by atoms with van der Waals surface area (Å²) in [6, 6.07) is -0.00981. The summed E-state index contributed by atoms with van der Waals surface area (Å²) in [4.78, 5) is 11.0. The normalized spacial score (nSPS) is 30.3. The molecule has 2 amide bonds. The van der Waals surface area contributed by atoms with E-state index < -0.39 is 0 Å². The first kappa shape index (κ1) is 9.36. The molecule has 0 aromatic carbocycles. The predicted molar refractivity (Wildman–Crippen MR) is 49.0 cm³/mol. The lowest BCUT2D eigenvalue weighted by Crippen LogP contribution is -2.33. The third-order valence-electron chi connectivity index (χ3n) is 2.77. The quantitative estimate of drug-likeness (QED) is 0.645. The van der Waals surface area contributed by atoms with Gasteiger partial charge in [-0.1, -0.05) is 26.7 Å². The number of carbonyl (C=O) groups excluding carboxylic acids is 1. The molecule has 1 aliphatic rings. The first-order chi connectivity index (χ1) is 5.77. The standard InChI is InChI=1S/C9H18N2O/c1-3-7-5-10-9(12)11-6-8(7)4-2/h7-8H,3-6H2,1-2H3,(H2,10,11,12). The average molecular weight is 170 g/mol. The second-order valence-electron chi connectivity index (χ2n) is 3.43. The van der Waals surface area contributed by atoms with Crippen LogP contribution in [0.1, 0.15) is 26.7 Å². The third-order valence-corrected chi connectivity index (χ3v) is 2.77. The van der Waals surface area contributed by atoms with Crippen LogP contribution in [0.5, 0.6) is 0 Å². The van der Waals surface area contributed by atoms with Gasteiger partial charge in [0.05, 0.1) is 0 Å². The van der Waals surface area contributed by atoms with Gasteiger partial charge in [0.25, 0.3) is 0 Å². The number of hydrogen-bond acceptors (Lipinski definition) is 1. The van der Waals surface area contributed by atoms with Crippen LogP contribution in [0.25, 0.3) is 0 Å².